The molecule has 0 aromatic carbocycles. The summed E-state index contributed by atoms with van der Waals surface area (Å²) in [5.74, 6) is -0.0329. The molecule has 100 valence electrons. The van der Waals surface area contributed by atoms with E-state index in [4.69, 9.17) is 5.73 Å². The third-order valence-corrected chi connectivity index (χ3v) is 3.39. The minimum absolute atomic E-state index is 0.0329. The molecule has 17 heavy (non-hydrogen) atoms. The molecule has 0 saturated carbocycles. The van der Waals surface area contributed by atoms with Gasteiger partial charge in [-0.05, 0) is 31.3 Å². The van der Waals surface area contributed by atoms with E-state index in [0.717, 1.165) is 6.54 Å². The monoisotopic (exact) mass is 241 g/mol. The van der Waals surface area contributed by atoms with Crippen molar-refractivity contribution < 1.29 is 4.79 Å². The average Bonchev–Trinajstić information content (AvgIpc) is 2.28. The fourth-order valence-corrected chi connectivity index (χ4v) is 2.02. The van der Waals surface area contributed by atoms with Gasteiger partial charge in [-0.1, -0.05) is 27.2 Å². The molecule has 4 heteroatoms. The maximum absolute atomic E-state index is 11.8. The van der Waals surface area contributed by atoms with Gasteiger partial charge >= 0.3 is 0 Å². The fourth-order valence-electron chi connectivity index (χ4n) is 2.02. The molecule has 1 fully saturated rings. The molecule has 1 rings (SSSR count). The van der Waals surface area contributed by atoms with Crippen LogP contribution in [0.25, 0.3) is 0 Å². The lowest BCUT2D eigenvalue weighted by Crippen LogP contribution is -2.50. The Kier molecular flexibility index (Phi) is 5.40. The van der Waals surface area contributed by atoms with E-state index < -0.39 is 6.04 Å². The number of rotatable bonds is 4. The number of carbonyl (C=O) groups is 1. The van der Waals surface area contributed by atoms with E-state index in [1.54, 1.807) is 0 Å². The smallest absolute Gasteiger partial charge is 0.237 e. The van der Waals surface area contributed by atoms with Crippen LogP contribution in [0.5, 0.6) is 0 Å². The van der Waals surface area contributed by atoms with Crippen LogP contribution in [0.3, 0.4) is 0 Å². The van der Waals surface area contributed by atoms with Gasteiger partial charge in [0.2, 0.25) is 5.91 Å². The number of nitrogens with zero attached hydrogens (tertiary/aromatic N) is 1. The van der Waals surface area contributed by atoms with Gasteiger partial charge in [-0.2, -0.15) is 0 Å². The summed E-state index contributed by atoms with van der Waals surface area (Å²) in [6.45, 7) is 9.96. The molecule has 0 aliphatic carbocycles. The first-order valence-electron chi connectivity index (χ1n) is 6.67. The largest absolute Gasteiger partial charge is 0.353 e. The fraction of sp³-hybridized carbons (Fsp3) is 0.923. The SMILES string of the molecule is CC(C)(C)[C@@H](N)C(=O)NCCN1CCCCC1. The molecule has 0 aromatic heterocycles. The third kappa shape index (κ3) is 5.04. The summed E-state index contributed by atoms with van der Waals surface area (Å²) >= 11 is 0. The zero-order chi connectivity index (χ0) is 12.9. The van der Waals surface area contributed by atoms with Gasteiger partial charge in [-0.3, -0.25) is 4.79 Å². The van der Waals surface area contributed by atoms with Crippen LogP contribution in [0.1, 0.15) is 40.0 Å². The first-order chi connectivity index (χ1) is 7.91. The van der Waals surface area contributed by atoms with Gasteiger partial charge < -0.3 is 16.0 Å². The Labute approximate surface area is 105 Å². The summed E-state index contributed by atoms with van der Waals surface area (Å²) in [6, 6.07) is -0.427. The molecule has 1 aliphatic rings. The minimum Gasteiger partial charge on any atom is -0.353 e. The van der Waals surface area contributed by atoms with Crippen molar-refractivity contribution in [1.82, 2.24) is 10.2 Å². The number of hydrogen-bond acceptors (Lipinski definition) is 3. The summed E-state index contributed by atoms with van der Waals surface area (Å²) in [7, 11) is 0. The van der Waals surface area contributed by atoms with Gasteiger partial charge in [-0.25, -0.2) is 0 Å². The highest BCUT2D eigenvalue weighted by molar-refractivity contribution is 5.82. The summed E-state index contributed by atoms with van der Waals surface area (Å²) in [4.78, 5) is 14.2. The Morgan fingerprint density at radius 3 is 2.41 bits per heavy atom. The van der Waals surface area contributed by atoms with Gasteiger partial charge in [0.25, 0.3) is 0 Å². The zero-order valence-corrected chi connectivity index (χ0v) is 11.5. The Hall–Kier alpha value is -0.610. The lowest BCUT2D eigenvalue weighted by atomic mass is 9.87. The van der Waals surface area contributed by atoms with Crippen LogP contribution in [0.15, 0.2) is 0 Å². The van der Waals surface area contributed by atoms with Crippen molar-refractivity contribution in [1.29, 1.82) is 0 Å². The maximum atomic E-state index is 11.8. The van der Waals surface area contributed by atoms with E-state index in [-0.39, 0.29) is 11.3 Å². The Bertz CT molecular complexity index is 242. The summed E-state index contributed by atoms with van der Waals surface area (Å²) in [5.41, 5.74) is 5.72. The van der Waals surface area contributed by atoms with E-state index in [0.29, 0.717) is 6.54 Å². The van der Waals surface area contributed by atoms with Gasteiger partial charge in [0.15, 0.2) is 0 Å². The number of nitrogens with one attached hydrogen (secondary N) is 1. The first-order valence-corrected chi connectivity index (χ1v) is 6.67. The van der Waals surface area contributed by atoms with Crippen LogP contribution < -0.4 is 11.1 Å². The summed E-state index contributed by atoms with van der Waals surface area (Å²) in [6.07, 6.45) is 3.92. The predicted octanol–water partition coefficient (Wildman–Crippen LogP) is 0.962. The zero-order valence-electron chi connectivity index (χ0n) is 11.5. The maximum Gasteiger partial charge on any atom is 0.237 e. The van der Waals surface area contributed by atoms with Crippen LogP contribution in [0, 0.1) is 5.41 Å². The standard InChI is InChI=1S/C13H27N3O/c1-13(2,3)11(14)12(17)15-7-10-16-8-5-4-6-9-16/h11H,4-10,14H2,1-3H3,(H,15,17)/t11-/m0/s1. The first kappa shape index (κ1) is 14.5. The molecule has 1 saturated heterocycles. The number of piperidine rings is 1. The second kappa shape index (κ2) is 6.36. The average molecular weight is 241 g/mol. The van der Waals surface area contributed by atoms with E-state index in [1.807, 2.05) is 20.8 Å². The number of nitrogens with two attached hydrogens (primary N) is 1. The van der Waals surface area contributed by atoms with Crippen molar-refractivity contribution in [2.75, 3.05) is 26.2 Å². The van der Waals surface area contributed by atoms with Crippen molar-refractivity contribution in [2.45, 2.75) is 46.1 Å². The highest BCUT2D eigenvalue weighted by Gasteiger charge is 2.27. The molecule has 0 unspecified atom stereocenters. The third-order valence-electron chi connectivity index (χ3n) is 3.39. The van der Waals surface area contributed by atoms with Crippen LogP contribution >= 0.6 is 0 Å². The molecule has 4 nitrogen and oxygen atoms in total. The van der Waals surface area contributed by atoms with Gasteiger partial charge in [-0.15, -0.1) is 0 Å². The lowest BCUT2D eigenvalue weighted by Gasteiger charge is -2.28. The molecule has 1 amide bonds. The number of carbonyl (C=O) groups excluding carboxylic acids is 1. The van der Waals surface area contributed by atoms with Crippen molar-refractivity contribution in [3.8, 4) is 0 Å². The van der Waals surface area contributed by atoms with Gasteiger partial charge in [0, 0.05) is 13.1 Å². The van der Waals surface area contributed by atoms with Crippen molar-refractivity contribution in [3.63, 3.8) is 0 Å². The molecule has 0 bridgehead atoms. The second-order valence-corrected chi connectivity index (χ2v) is 6.04. The molecular formula is C13H27N3O. The Morgan fingerprint density at radius 1 is 1.29 bits per heavy atom. The quantitative estimate of drug-likeness (QED) is 0.771. The van der Waals surface area contributed by atoms with Gasteiger partial charge in [0.1, 0.15) is 0 Å². The molecule has 0 spiro atoms. The van der Waals surface area contributed by atoms with E-state index >= 15 is 0 Å². The second-order valence-electron chi connectivity index (χ2n) is 6.04. The van der Waals surface area contributed by atoms with Crippen LogP contribution in [0.2, 0.25) is 0 Å². The minimum atomic E-state index is -0.427. The molecule has 1 heterocycles. The highest BCUT2D eigenvalue weighted by Crippen LogP contribution is 2.17. The van der Waals surface area contributed by atoms with E-state index in [1.165, 1.54) is 32.4 Å². The summed E-state index contributed by atoms with van der Waals surface area (Å²) < 4.78 is 0. The van der Waals surface area contributed by atoms with Crippen LogP contribution in [0.4, 0.5) is 0 Å². The van der Waals surface area contributed by atoms with Gasteiger partial charge in [0.05, 0.1) is 6.04 Å². The molecule has 0 radical (unpaired) electrons. The van der Waals surface area contributed by atoms with Crippen molar-refractivity contribution in [2.24, 2.45) is 11.1 Å². The molecular weight excluding hydrogens is 214 g/mol. The Morgan fingerprint density at radius 2 is 1.88 bits per heavy atom. The predicted molar refractivity (Wildman–Crippen MR) is 70.7 cm³/mol. The number of likely N-dealkylation sites (tertiary alicyclic amines) is 1. The molecule has 1 atom stereocenters. The lowest BCUT2D eigenvalue weighted by molar-refractivity contribution is -0.124. The normalized spacial score (nSPS) is 20.0. The highest BCUT2D eigenvalue weighted by atomic mass is 16.2. The van der Waals surface area contributed by atoms with Crippen LogP contribution in [-0.4, -0.2) is 43.0 Å². The number of amides is 1. The molecule has 1 aliphatic heterocycles. The number of hydrogen-bond donors (Lipinski definition) is 2. The summed E-state index contributed by atoms with van der Waals surface area (Å²) in [5, 5.41) is 2.93. The van der Waals surface area contributed by atoms with Crippen molar-refractivity contribution >= 4 is 5.91 Å². The van der Waals surface area contributed by atoms with E-state index in [2.05, 4.69) is 10.2 Å². The Balaban J connectivity index is 2.19. The van der Waals surface area contributed by atoms with Crippen molar-refractivity contribution in [3.05, 3.63) is 0 Å². The van der Waals surface area contributed by atoms with E-state index in [9.17, 15) is 4.79 Å². The van der Waals surface area contributed by atoms with Crippen LogP contribution in [-0.2, 0) is 4.79 Å². The molecule has 0 aromatic rings. The topological polar surface area (TPSA) is 58.4 Å². The molecule has 3 N–H and O–H groups in total.